The van der Waals surface area contributed by atoms with Gasteiger partial charge in [0.25, 0.3) is 0 Å². The van der Waals surface area contributed by atoms with Crippen molar-refractivity contribution in [2.75, 3.05) is 19.6 Å². The zero-order valence-corrected chi connectivity index (χ0v) is 16.8. The van der Waals surface area contributed by atoms with Crippen LogP contribution in [0.2, 0.25) is 0 Å². The minimum absolute atomic E-state index is 0. The number of nitrogens with one attached hydrogen (secondary N) is 1. The van der Waals surface area contributed by atoms with Gasteiger partial charge in [-0.3, -0.25) is 0 Å². The summed E-state index contributed by atoms with van der Waals surface area (Å²) in [5.74, 6) is 2.26. The molecule has 2 fully saturated rings. The van der Waals surface area contributed by atoms with Crippen LogP contribution in [0.3, 0.4) is 0 Å². The summed E-state index contributed by atoms with van der Waals surface area (Å²) in [4.78, 5) is 7.18. The van der Waals surface area contributed by atoms with Gasteiger partial charge in [-0.15, -0.1) is 24.0 Å². The highest BCUT2D eigenvalue weighted by Gasteiger charge is 2.43. The molecule has 23 heavy (non-hydrogen) atoms. The fourth-order valence-corrected chi connectivity index (χ4v) is 3.45. The highest BCUT2D eigenvalue weighted by molar-refractivity contribution is 14.0. The summed E-state index contributed by atoms with van der Waals surface area (Å²) in [7, 11) is 0. The van der Waals surface area contributed by atoms with Gasteiger partial charge in [0.15, 0.2) is 11.7 Å². The van der Waals surface area contributed by atoms with Crippen molar-refractivity contribution in [3.05, 3.63) is 17.5 Å². The van der Waals surface area contributed by atoms with Gasteiger partial charge in [0.2, 0.25) is 0 Å². The third-order valence-corrected chi connectivity index (χ3v) is 5.04. The lowest BCUT2D eigenvalue weighted by Gasteiger charge is -2.38. The Labute approximate surface area is 156 Å². The van der Waals surface area contributed by atoms with Crippen LogP contribution in [0.15, 0.2) is 15.6 Å². The second kappa shape index (κ2) is 7.85. The molecule has 1 aliphatic heterocycles. The largest absolute Gasteiger partial charge is 0.359 e. The molecule has 1 aliphatic carbocycles. The van der Waals surface area contributed by atoms with Gasteiger partial charge in [0.1, 0.15) is 6.54 Å². The average Bonchev–Trinajstić information content (AvgIpc) is 3.09. The Morgan fingerprint density at radius 3 is 2.74 bits per heavy atom. The SMILES string of the molecule is CCNC(=NCc1cc(C(C)C)no1)N1CCC2(CCC2)C1.I. The van der Waals surface area contributed by atoms with Crippen LogP contribution in [0.4, 0.5) is 0 Å². The molecule has 0 aromatic carbocycles. The van der Waals surface area contributed by atoms with Crippen molar-refractivity contribution < 1.29 is 4.52 Å². The molecule has 0 atom stereocenters. The molecule has 0 amide bonds. The summed E-state index contributed by atoms with van der Waals surface area (Å²) in [6, 6.07) is 2.02. The Morgan fingerprint density at radius 1 is 1.43 bits per heavy atom. The normalized spacial score (nSPS) is 19.8. The zero-order chi connectivity index (χ0) is 15.6. The van der Waals surface area contributed by atoms with Crippen LogP contribution in [-0.2, 0) is 6.54 Å². The van der Waals surface area contributed by atoms with Gasteiger partial charge in [0, 0.05) is 25.7 Å². The third kappa shape index (κ3) is 4.19. The van der Waals surface area contributed by atoms with Gasteiger partial charge in [-0.2, -0.15) is 0 Å². The number of nitrogens with zero attached hydrogens (tertiary/aromatic N) is 3. The molecule has 3 rings (SSSR count). The minimum Gasteiger partial charge on any atom is -0.359 e. The van der Waals surface area contributed by atoms with Crippen molar-refractivity contribution in [1.29, 1.82) is 0 Å². The first-order valence-corrected chi connectivity index (χ1v) is 8.61. The number of aliphatic imine (C=N–C) groups is 1. The zero-order valence-electron chi connectivity index (χ0n) is 14.5. The van der Waals surface area contributed by atoms with Crippen molar-refractivity contribution in [2.45, 2.75) is 58.9 Å². The van der Waals surface area contributed by atoms with Crippen LogP contribution in [-0.4, -0.2) is 35.7 Å². The van der Waals surface area contributed by atoms with E-state index >= 15 is 0 Å². The second-order valence-electron chi connectivity index (χ2n) is 7.07. The molecular weight excluding hydrogens is 403 g/mol. The lowest BCUT2D eigenvalue weighted by molar-refractivity contribution is 0.151. The van der Waals surface area contributed by atoms with Gasteiger partial charge in [-0.05, 0) is 37.5 Å². The first kappa shape index (κ1) is 18.5. The minimum atomic E-state index is 0. The molecule has 2 aliphatic rings. The topological polar surface area (TPSA) is 53.7 Å². The van der Waals surface area contributed by atoms with E-state index in [1.54, 1.807) is 0 Å². The first-order chi connectivity index (χ1) is 10.6. The van der Waals surface area contributed by atoms with Gasteiger partial charge in [-0.1, -0.05) is 25.4 Å². The van der Waals surface area contributed by atoms with Crippen molar-refractivity contribution >= 4 is 29.9 Å². The van der Waals surface area contributed by atoms with E-state index in [1.807, 2.05) is 6.07 Å². The molecule has 5 nitrogen and oxygen atoms in total. The number of aromatic nitrogens is 1. The predicted octanol–water partition coefficient (Wildman–Crippen LogP) is 3.76. The summed E-state index contributed by atoms with van der Waals surface area (Å²) >= 11 is 0. The van der Waals surface area contributed by atoms with Gasteiger partial charge in [0.05, 0.1) is 5.69 Å². The van der Waals surface area contributed by atoms with Crippen molar-refractivity contribution in [3.8, 4) is 0 Å². The first-order valence-electron chi connectivity index (χ1n) is 8.61. The molecule has 1 saturated carbocycles. The Morgan fingerprint density at radius 2 is 2.22 bits per heavy atom. The van der Waals surface area contributed by atoms with Crippen LogP contribution in [0.5, 0.6) is 0 Å². The van der Waals surface area contributed by atoms with Crippen molar-refractivity contribution in [1.82, 2.24) is 15.4 Å². The molecule has 1 aromatic heterocycles. The number of rotatable bonds is 4. The van der Waals surface area contributed by atoms with Crippen LogP contribution >= 0.6 is 24.0 Å². The van der Waals surface area contributed by atoms with Gasteiger partial charge in [-0.25, -0.2) is 4.99 Å². The maximum Gasteiger partial charge on any atom is 0.194 e. The Hall–Kier alpha value is -0.790. The quantitative estimate of drug-likeness (QED) is 0.447. The van der Waals surface area contributed by atoms with Crippen molar-refractivity contribution in [3.63, 3.8) is 0 Å². The number of hydrogen-bond donors (Lipinski definition) is 1. The van der Waals surface area contributed by atoms with E-state index < -0.39 is 0 Å². The number of guanidine groups is 1. The third-order valence-electron chi connectivity index (χ3n) is 5.04. The van der Waals surface area contributed by atoms with Crippen LogP contribution in [0, 0.1) is 5.41 Å². The Balaban J connectivity index is 0.00000192. The highest BCUT2D eigenvalue weighted by atomic mass is 127. The van der Waals surface area contributed by atoms with E-state index in [9.17, 15) is 0 Å². The van der Waals surface area contributed by atoms with E-state index in [0.29, 0.717) is 17.9 Å². The molecule has 6 heteroatoms. The number of likely N-dealkylation sites (tertiary alicyclic amines) is 1. The number of halogens is 1. The summed E-state index contributed by atoms with van der Waals surface area (Å²) in [5.41, 5.74) is 1.59. The van der Waals surface area contributed by atoms with E-state index in [2.05, 4.69) is 36.1 Å². The molecule has 1 aromatic rings. The number of hydrogen-bond acceptors (Lipinski definition) is 3. The fraction of sp³-hybridized carbons (Fsp3) is 0.765. The smallest absolute Gasteiger partial charge is 0.194 e. The molecule has 0 unspecified atom stereocenters. The molecule has 2 heterocycles. The Bertz CT molecular complexity index is 536. The monoisotopic (exact) mass is 432 g/mol. The van der Waals surface area contributed by atoms with E-state index in [0.717, 1.165) is 37.0 Å². The Kier molecular flexibility index (Phi) is 6.33. The van der Waals surface area contributed by atoms with Gasteiger partial charge >= 0.3 is 0 Å². The van der Waals surface area contributed by atoms with Gasteiger partial charge < -0.3 is 14.7 Å². The van der Waals surface area contributed by atoms with Crippen LogP contribution in [0.1, 0.15) is 63.8 Å². The summed E-state index contributed by atoms with van der Waals surface area (Å²) < 4.78 is 5.39. The molecular formula is C17H29IN4O. The predicted molar refractivity (Wildman–Crippen MR) is 103 cm³/mol. The molecule has 1 saturated heterocycles. The van der Waals surface area contributed by atoms with Crippen LogP contribution < -0.4 is 5.32 Å². The second-order valence-corrected chi connectivity index (χ2v) is 7.07. The lowest BCUT2D eigenvalue weighted by Crippen LogP contribution is -2.42. The maximum absolute atomic E-state index is 5.39. The summed E-state index contributed by atoms with van der Waals surface area (Å²) in [5, 5.41) is 7.53. The molecule has 0 radical (unpaired) electrons. The lowest BCUT2D eigenvalue weighted by atomic mass is 9.68. The highest BCUT2D eigenvalue weighted by Crippen LogP contribution is 2.47. The van der Waals surface area contributed by atoms with E-state index in [4.69, 9.17) is 9.52 Å². The van der Waals surface area contributed by atoms with E-state index in [1.165, 1.54) is 25.7 Å². The summed E-state index contributed by atoms with van der Waals surface area (Å²) in [6.07, 6.45) is 5.50. The van der Waals surface area contributed by atoms with E-state index in [-0.39, 0.29) is 24.0 Å². The molecule has 130 valence electrons. The summed E-state index contributed by atoms with van der Waals surface area (Å²) in [6.45, 7) is 10.1. The molecule has 0 bridgehead atoms. The molecule has 1 N–H and O–H groups in total. The van der Waals surface area contributed by atoms with Crippen molar-refractivity contribution in [2.24, 2.45) is 10.4 Å². The standard InChI is InChI=1S/C17H28N4O.HI/c1-4-18-16(21-9-8-17(12-21)6-5-7-17)19-11-14-10-15(13(2)3)20-22-14;/h10,13H,4-9,11-12H2,1-3H3,(H,18,19);1H. The average molecular weight is 432 g/mol. The van der Waals surface area contributed by atoms with Crippen LogP contribution in [0.25, 0.3) is 0 Å². The maximum atomic E-state index is 5.39. The molecule has 1 spiro atoms. The fourth-order valence-electron chi connectivity index (χ4n) is 3.45.